The normalized spacial score (nSPS) is 41.6. The molecule has 0 aliphatic heterocycles. The van der Waals surface area contributed by atoms with Crippen molar-refractivity contribution in [3.8, 4) is 0 Å². The third-order valence-corrected chi connectivity index (χ3v) is 5.90. The second kappa shape index (κ2) is 4.34. The quantitative estimate of drug-likeness (QED) is 0.758. The van der Waals surface area contributed by atoms with Gasteiger partial charge in [-0.1, -0.05) is 6.58 Å². The van der Waals surface area contributed by atoms with E-state index in [2.05, 4.69) is 6.58 Å². The van der Waals surface area contributed by atoms with Gasteiger partial charge in [-0.15, -0.1) is 0 Å². The maximum atomic E-state index is 11.7. The highest BCUT2D eigenvalue weighted by Gasteiger charge is 2.60. The molecule has 2 atom stereocenters. The molecule has 4 saturated carbocycles. The van der Waals surface area contributed by atoms with Crippen molar-refractivity contribution in [2.24, 2.45) is 22.7 Å². The molecule has 0 heterocycles. The van der Waals surface area contributed by atoms with Gasteiger partial charge < -0.3 is 10.2 Å². The fraction of sp³-hybridized carbons (Fsp3) is 0.750. The third-order valence-electron chi connectivity index (χ3n) is 5.90. The Hall–Kier alpha value is -1.32. The molecule has 4 rings (SSSR count). The molecule has 4 bridgehead atoms. The number of carboxylic acid groups (broad SMARTS) is 2. The van der Waals surface area contributed by atoms with E-state index in [-0.39, 0.29) is 11.0 Å². The highest BCUT2D eigenvalue weighted by Crippen LogP contribution is 2.66. The van der Waals surface area contributed by atoms with Gasteiger partial charge in [-0.25, -0.2) is 4.79 Å². The Morgan fingerprint density at radius 1 is 1.10 bits per heavy atom. The summed E-state index contributed by atoms with van der Waals surface area (Å²) in [5.74, 6) is -0.494. The van der Waals surface area contributed by atoms with Gasteiger partial charge in [0.1, 0.15) is 0 Å². The van der Waals surface area contributed by atoms with Gasteiger partial charge >= 0.3 is 11.9 Å². The molecule has 20 heavy (non-hydrogen) atoms. The van der Waals surface area contributed by atoms with Crippen molar-refractivity contribution in [1.29, 1.82) is 0 Å². The minimum absolute atomic E-state index is 0.0564. The van der Waals surface area contributed by atoms with Crippen LogP contribution in [-0.4, -0.2) is 22.2 Å². The minimum Gasteiger partial charge on any atom is -0.481 e. The largest absolute Gasteiger partial charge is 0.481 e. The predicted octanol–water partition coefficient (Wildman–Crippen LogP) is 3.08. The van der Waals surface area contributed by atoms with Crippen molar-refractivity contribution >= 4 is 11.9 Å². The summed E-state index contributed by atoms with van der Waals surface area (Å²) in [6, 6.07) is 0. The summed E-state index contributed by atoms with van der Waals surface area (Å²) in [7, 11) is 0. The van der Waals surface area contributed by atoms with Crippen LogP contribution in [0.3, 0.4) is 0 Å². The van der Waals surface area contributed by atoms with Crippen LogP contribution in [0.4, 0.5) is 0 Å². The first-order valence-electron chi connectivity index (χ1n) is 7.49. The summed E-state index contributed by atoms with van der Waals surface area (Å²) in [6.07, 6.45) is 7.05. The molecule has 2 unspecified atom stereocenters. The van der Waals surface area contributed by atoms with Gasteiger partial charge in [-0.05, 0) is 68.6 Å². The Bertz CT molecular complexity index is 465. The Labute approximate surface area is 118 Å². The van der Waals surface area contributed by atoms with Crippen LogP contribution in [-0.2, 0) is 9.59 Å². The fourth-order valence-corrected chi connectivity index (χ4v) is 5.52. The maximum absolute atomic E-state index is 11.7. The molecule has 4 nitrogen and oxygen atoms in total. The van der Waals surface area contributed by atoms with Gasteiger partial charge in [0.25, 0.3) is 0 Å². The number of rotatable bonds is 5. The van der Waals surface area contributed by atoms with E-state index >= 15 is 0 Å². The summed E-state index contributed by atoms with van der Waals surface area (Å²) < 4.78 is 0. The third kappa shape index (κ3) is 2.05. The lowest BCUT2D eigenvalue weighted by Gasteiger charge is -2.60. The van der Waals surface area contributed by atoms with Crippen LogP contribution in [0.5, 0.6) is 0 Å². The van der Waals surface area contributed by atoms with Crippen LogP contribution in [0.2, 0.25) is 0 Å². The fourth-order valence-electron chi connectivity index (χ4n) is 5.52. The van der Waals surface area contributed by atoms with Crippen molar-refractivity contribution in [2.45, 2.75) is 51.4 Å². The summed E-state index contributed by atoms with van der Waals surface area (Å²) in [6.45, 7) is 3.61. The Morgan fingerprint density at radius 2 is 1.70 bits per heavy atom. The predicted molar refractivity (Wildman–Crippen MR) is 73.2 cm³/mol. The maximum Gasteiger partial charge on any atom is 0.330 e. The van der Waals surface area contributed by atoms with Crippen LogP contribution in [0.15, 0.2) is 12.2 Å². The zero-order chi connectivity index (χ0) is 14.5. The highest BCUT2D eigenvalue weighted by molar-refractivity contribution is 5.85. The molecule has 0 aromatic rings. The van der Waals surface area contributed by atoms with Crippen LogP contribution in [0, 0.1) is 22.7 Å². The smallest absolute Gasteiger partial charge is 0.330 e. The molecule has 110 valence electrons. The van der Waals surface area contributed by atoms with E-state index < -0.39 is 17.4 Å². The van der Waals surface area contributed by atoms with E-state index in [1.54, 1.807) is 0 Å². The molecule has 0 aromatic carbocycles. The van der Waals surface area contributed by atoms with E-state index in [4.69, 9.17) is 5.11 Å². The SMILES string of the molecule is C=C(CCC12CC3CC(C1)CC(C(=O)O)(C3)C2)C(=O)O. The lowest BCUT2D eigenvalue weighted by Crippen LogP contribution is -2.55. The van der Waals surface area contributed by atoms with E-state index in [0.29, 0.717) is 18.3 Å². The second-order valence-corrected chi connectivity index (χ2v) is 7.46. The van der Waals surface area contributed by atoms with Gasteiger partial charge in [-0.3, -0.25) is 4.79 Å². The van der Waals surface area contributed by atoms with E-state index in [0.717, 1.165) is 38.5 Å². The van der Waals surface area contributed by atoms with Crippen molar-refractivity contribution < 1.29 is 19.8 Å². The average molecular weight is 278 g/mol. The second-order valence-electron chi connectivity index (χ2n) is 7.46. The van der Waals surface area contributed by atoms with E-state index in [9.17, 15) is 14.7 Å². The Kier molecular flexibility index (Phi) is 2.96. The van der Waals surface area contributed by atoms with Gasteiger partial charge in [0.2, 0.25) is 0 Å². The number of carboxylic acids is 2. The van der Waals surface area contributed by atoms with Crippen LogP contribution in [0.25, 0.3) is 0 Å². The highest BCUT2D eigenvalue weighted by atomic mass is 16.4. The average Bonchev–Trinajstić information content (AvgIpc) is 2.34. The topological polar surface area (TPSA) is 74.6 Å². The van der Waals surface area contributed by atoms with Crippen LogP contribution >= 0.6 is 0 Å². The molecule has 4 aliphatic rings. The molecular weight excluding hydrogens is 256 g/mol. The number of hydrogen-bond donors (Lipinski definition) is 2. The molecule has 0 amide bonds. The molecule has 2 N–H and O–H groups in total. The van der Waals surface area contributed by atoms with Gasteiger partial charge in [0.05, 0.1) is 5.41 Å². The number of carbonyl (C=O) groups is 2. The zero-order valence-corrected chi connectivity index (χ0v) is 11.7. The minimum atomic E-state index is -0.928. The molecule has 0 radical (unpaired) electrons. The summed E-state index contributed by atoms with van der Waals surface area (Å²) >= 11 is 0. The summed E-state index contributed by atoms with van der Waals surface area (Å²) in [5.41, 5.74) is -0.208. The lowest BCUT2D eigenvalue weighted by atomic mass is 9.43. The molecule has 0 aromatic heterocycles. The monoisotopic (exact) mass is 278 g/mol. The standard InChI is InChI=1S/C16H22O4/c1-10(13(17)18)2-3-15-5-11-4-12(6-15)8-16(7-11,9-15)14(19)20/h11-12H,1-9H2,(H,17,18)(H,19,20). The summed E-state index contributed by atoms with van der Waals surface area (Å²) in [5, 5.41) is 18.6. The molecular formula is C16H22O4. The van der Waals surface area contributed by atoms with Crippen LogP contribution < -0.4 is 0 Å². The first-order chi connectivity index (χ1) is 9.34. The first kappa shape index (κ1) is 13.7. The van der Waals surface area contributed by atoms with Gasteiger partial charge in [0, 0.05) is 5.57 Å². The first-order valence-corrected chi connectivity index (χ1v) is 7.49. The lowest BCUT2D eigenvalue weighted by molar-refractivity contribution is -0.175. The number of aliphatic carboxylic acids is 2. The molecule has 0 saturated heterocycles. The Morgan fingerprint density at radius 3 is 2.20 bits per heavy atom. The zero-order valence-electron chi connectivity index (χ0n) is 11.7. The molecule has 4 fully saturated rings. The van der Waals surface area contributed by atoms with Crippen molar-refractivity contribution in [3.63, 3.8) is 0 Å². The number of hydrogen-bond acceptors (Lipinski definition) is 2. The Balaban J connectivity index is 1.78. The van der Waals surface area contributed by atoms with E-state index in [1.807, 2.05) is 0 Å². The van der Waals surface area contributed by atoms with Crippen molar-refractivity contribution in [2.75, 3.05) is 0 Å². The van der Waals surface area contributed by atoms with E-state index in [1.165, 1.54) is 6.42 Å². The summed E-state index contributed by atoms with van der Waals surface area (Å²) in [4.78, 5) is 22.6. The molecule has 0 spiro atoms. The van der Waals surface area contributed by atoms with Crippen molar-refractivity contribution in [1.82, 2.24) is 0 Å². The van der Waals surface area contributed by atoms with Gasteiger partial charge in [-0.2, -0.15) is 0 Å². The van der Waals surface area contributed by atoms with Gasteiger partial charge in [0.15, 0.2) is 0 Å². The molecule has 4 heteroatoms. The van der Waals surface area contributed by atoms with Crippen LogP contribution in [0.1, 0.15) is 51.4 Å². The molecule has 4 aliphatic carbocycles. The van der Waals surface area contributed by atoms with Crippen molar-refractivity contribution in [3.05, 3.63) is 12.2 Å².